The van der Waals surface area contributed by atoms with E-state index in [4.69, 9.17) is 5.73 Å². The topological polar surface area (TPSA) is 55.1 Å². The maximum Gasteiger partial charge on any atom is 0.240 e. The predicted molar refractivity (Wildman–Crippen MR) is 69.6 cm³/mol. The van der Waals surface area contributed by atoms with Gasteiger partial charge in [0.25, 0.3) is 0 Å². The summed E-state index contributed by atoms with van der Waals surface area (Å²) < 4.78 is 0. The Morgan fingerprint density at radius 3 is 2.35 bits per heavy atom. The molecule has 3 nitrogen and oxygen atoms in total. The molecule has 0 bridgehead atoms. The first kappa shape index (κ1) is 12.9. The number of nitrogens with two attached hydrogens (primary N) is 1. The summed E-state index contributed by atoms with van der Waals surface area (Å²) in [5.74, 6) is 0.755. The first-order valence-electron chi connectivity index (χ1n) is 7.22. The second kappa shape index (κ2) is 5.38. The first-order chi connectivity index (χ1) is 8.12. The van der Waals surface area contributed by atoms with Gasteiger partial charge in [-0.15, -0.1) is 0 Å². The molecule has 0 aromatic rings. The van der Waals surface area contributed by atoms with Gasteiger partial charge in [-0.2, -0.15) is 0 Å². The van der Waals surface area contributed by atoms with Crippen molar-refractivity contribution in [3.63, 3.8) is 0 Å². The third kappa shape index (κ3) is 3.01. The molecule has 98 valence electrons. The van der Waals surface area contributed by atoms with E-state index in [1.54, 1.807) is 0 Å². The fourth-order valence-electron chi connectivity index (χ4n) is 3.34. The highest BCUT2D eigenvalue weighted by molar-refractivity contribution is 5.86. The van der Waals surface area contributed by atoms with Crippen LogP contribution < -0.4 is 11.1 Å². The molecule has 0 heterocycles. The highest BCUT2D eigenvalue weighted by atomic mass is 16.2. The Hall–Kier alpha value is -0.570. The Labute approximate surface area is 105 Å². The van der Waals surface area contributed by atoms with Crippen molar-refractivity contribution in [2.24, 2.45) is 11.7 Å². The third-order valence-electron chi connectivity index (χ3n) is 4.66. The van der Waals surface area contributed by atoms with Gasteiger partial charge in [-0.05, 0) is 38.5 Å². The smallest absolute Gasteiger partial charge is 0.240 e. The molecule has 0 aromatic heterocycles. The first-order valence-corrected chi connectivity index (χ1v) is 7.22. The Balaban J connectivity index is 1.84. The molecule has 1 unspecified atom stereocenters. The number of carbonyl (C=O) groups excluding carboxylic acids is 1. The van der Waals surface area contributed by atoms with Gasteiger partial charge in [0.15, 0.2) is 0 Å². The van der Waals surface area contributed by atoms with Crippen LogP contribution in [0.25, 0.3) is 0 Å². The summed E-state index contributed by atoms with van der Waals surface area (Å²) >= 11 is 0. The van der Waals surface area contributed by atoms with Crippen LogP contribution >= 0.6 is 0 Å². The summed E-state index contributed by atoms with van der Waals surface area (Å²) in [6.45, 7) is 2.15. The summed E-state index contributed by atoms with van der Waals surface area (Å²) in [7, 11) is 0. The van der Waals surface area contributed by atoms with Crippen molar-refractivity contribution >= 4 is 5.91 Å². The van der Waals surface area contributed by atoms with Gasteiger partial charge in [-0.3, -0.25) is 4.79 Å². The van der Waals surface area contributed by atoms with Crippen molar-refractivity contribution in [2.45, 2.75) is 76.3 Å². The maximum atomic E-state index is 12.2. The lowest BCUT2D eigenvalue weighted by atomic mass is 9.84. The quantitative estimate of drug-likeness (QED) is 0.793. The van der Waals surface area contributed by atoms with Crippen LogP contribution in [0.1, 0.15) is 64.7 Å². The molecule has 1 amide bonds. The van der Waals surface area contributed by atoms with E-state index < -0.39 is 5.54 Å². The zero-order valence-corrected chi connectivity index (χ0v) is 11.0. The minimum Gasteiger partial charge on any atom is -0.352 e. The molecule has 2 aliphatic rings. The zero-order chi connectivity index (χ0) is 12.3. The normalized spacial score (nSPS) is 26.7. The van der Waals surface area contributed by atoms with Gasteiger partial charge in [-0.25, -0.2) is 0 Å². The summed E-state index contributed by atoms with van der Waals surface area (Å²) in [5.41, 5.74) is 5.60. The monoisotopic (exact) mass is 238 g/mol. The Morgan fingerprint density at radius 2 is 1.76 bits per heavy atom. The second-order valence-electron chi connectivity index (χ2n) is 6.02. The summed E-state index contributed by atoms with van der Waals surface area (Å²) in [6, 6.07) is 0.295. The van der Waals surface area contributed by atoms with Crippen molar-refractivity contribution in [3.8, 4) is 0 Å². The molecule has 2 fully saturated rings. The molecule has 2 rings (SSSR count). The molecule has 3 N–H and O–H groups in total. The lowest BCUT2D eigenvalue weighted by Gasteiger charge is -2.31. The van der Waals surface area contributed by atoms with Gasteiger partial charge in [0.2, 0.25) is 5.91 Å². The molecule has 17 heavy (non-hydrogen) atoms. The van der Waals surface area contributed by atoms with Crippen LogP contribution in [-0.4, -0.2) is 17.5 Å². The van der Waals surface area contributed by atoms with Crippen LogP contribution in [0.3, 0.4) is 0 Å². The number of hydrogen-bond donors (Lipinski definition) is 2. The maximum absolute atomic E-state index is 12.2. The molecule has 0 saturated heterocycles. The number of amides is 1. The molecule has 0 spiro atoms. The van der Waals surface area contributed by atoms with E-state index in [1.807, 2.05) is 0 Å². The van der Waals surface area contributed by atoms with Crippen LogP contribution in [0.2, 0.25) is 0 Å². The minimum atomic E-state index is -0.567. The molecule has 2 saturated carbocycles. The van der Waals surface area contributed by atoms with E-state index in [-0.39, 0.29) is 5.91 Å². The highest BCUT2D eigenvalue weighted by Crippen LogP contribution is 2.29. The van der Waals surface area contributed by atoms with Crippen LogP contribution in [0.4, 0.5) is 0 Å². The van der Waals surface area contributed by atoms with E-state index >= 15 is 0 Å². The molecular formula is C14H26N2O. The van der Waals surface area contributed by atoms with Crippen LogP contribution in [0, 0.1) is 5.92 Å². The summed E-state index contributed by atoms with van der Waals surface area (Å²) in [5, 5.41) is 3.17. The molecule has 0 radical (unpaired) electrons. The van der Waals surface area contributed by atoms with Crippen molar-refractivity contribution in [3.05, 3.63) is 0 Å². The van der Waals surface area contributed by atoms with Gasteiger partial charge in [0.1, 0.15) is 0 Å². The zero-order valence-electron chi connectivity index (χ0n) is 11.0. The molecule has 3 heteroatoms. The highest BCUT2D eigenvalue weighted by Gasteiger charge is 2.38. The number of rotatable bonds is 3. The summed E-state index contributed by atoms with van der Waals surface area (Å²) in [6.07, 6.45) is 10.4. The fraction of sp³-hybridized carbons (Fsp3) is 0.929. The second-order valence-corrected chi connectivity index (χ2v) is 6.02. The van der Waals surface area contributed by atoms with E-state index in [0.29, 0.717) is 12.0 Å². The van der Waals surface area contributed by atoms with E-state index in [9.17, 15) is 4.79 Å². The Bertz CT molecular complexity index is 265. The average molecular weight is 238 g/mol. The number of carbonyl (C=O) groups is 1. The lowest BCUT2D eigenvalue weighted by molar-refractivity contribution is -0.127. The van der Waals surface area contributed by atoms with Crippen molar-refractivity contribution in [2.75, 3.05) is 0 Å². The van der Waals surface area contributed by atoms with Crippen LogP contribution in [0.5, 0.6) is 0 Å². The van der Waals surface area contributed by atoms with E-state index in [2.05, 4.69) is 12.2 Å². The minimum absolute atomic E-state index is 0.0908. The van der Waals surface area contributed by atoms with E-state index in [1.165, 1.54) is 32.1 Å². The van der Waals surface area contributed by atoms with Gasteiger partial charge in [0.05, 0.1) is 5.54 Å². The largest absolute Gasteiger partial charge is 0.352 e. The molecular weight excluding hydrogens is 212 g/mol. The third-order valence-corrected chi connectivity index (χ3v) is 4.66. The van der Waals surface area contributed by atoms with E-state index in [0.717, 1.165) is 25.7 Å². The van der Waals surface area contributed by atoms with Gasteiger partial charge in [-0.1, -0.05) is 32.1 Å². The molecule has 2 aliphatic carbocycles. The number of nitrogens with one attached hydrogen (secondary N) is 1. The Kier molecular flexibility index (Phi) is 4.08. The Morgan fingerprint density at radius 1 is 1.18 bits per heavy atom. The molecule has 1 atom stereocenters. The van der Waals surface area contributed by atoms with Crippen molar-refractivity contribution in [1.82, 2.24) is 5.32 Å². The molecule has 0 aliphatic heterocycles. The predicted octanol–water partition coefficient (Wildman–Crippen LogP) is 2.34. The SMILES string of the molecule is CC(NC(=O)C1(N)CCCC1)C1CCCCC1. The van der Waals surface area contributed by atoms with Gasteiger partial charge < -0.3 is 11.1 Å². The average Bonchev–Trinajstić information content (AvgIpc) is 2.78. The number of hydrogen-bond acceptors (Lipinski definition) is 2. The standard InChI is InChI=1S/C14H26N2O/c1-11(12-7-3-2-4-8-12)16-13(17)14(15)9-5-6-10-14/h11-12H,2-10,15H2,1H3,(H,16,17). The molecule has 0 aromatic carbocycles. The van der Waals surface area contributed by atoms with Gasteiger partial charge >= 0.3 is 0 Å². The summed E-state index contributed by atoms with van der Waals surface area (Å²) in [4.78, 5) is 12.2. The van der Waals surface area contributed by atoms with Crippen LogP contribution in [-0.2, 0) is 4.79 Å². The van der Waals surface area contributed by atoms with Crippen molar-refractivity contribution < 1.29 is 4.79 Å². The van der Waals surface area contributed by atoms with Crippen molar-refractivity contribution in [1.29, 1.82) is 0 Å². The van der Waals surface area contributed by atoms with Gasteiger partial charge in [0, 0.05) is 6.04 Å². The van der Waals surface area contributed by atoms with Crippen LogP contribution in [0.15, 0.2) is 0 Å². The fourth-order valence-corrected chi connectivity index (χ4v) is 3.34. The lowest BCUT2D eigenvalue weighted by Crippen LogP contribution is -2.55.